The van der Waals surface area contributed by atoms with E-state index in [2.05, 4.69) is 0 Å². The van der Waals surface area contributed by atoms with Crippen LogP contribution in [-0.4, -0.2) is 18.5 Å². The lowest BCUT2D eigenvalue weighted by Crippen LogP contribution is -1.87. The van der Waals surface area contributed by atoms with Crippen molar-refractivity contribution in [1.82, 2.24) is 0 Å². The third-order valence-corrected chi connectivity index (χ3v) is 1.72. The van der Waals surface area contributed by atoms with E-state index >= 15 is 0 Å². The van der Waals surface area contributed by atoms with E-state index in [0.717, 1.165) is 0 Å². The van der Waals surface area contributed by atoms with Crippen LogP contribution >= 0.6 is 11.6 Å². The Balaban J connectivity index is 3.26. The number of benzene rings is 1. The highest BCUT2D eigenvalue weighted by molar-refractivity contribution is 6.32. The Kier molecular flexibility index (Phi) is 2.55. The van der Waals surface area contributed by atoms with Crippen LogP contribution in [0.25, 0.3) is 0 Å². The zero-order valence-electron chi connectivity index (χ0n) is 6.37. The van der Waals surface area contributed by atoms with Gasteiger partial charge in [-0.15, -0.1) is 0 Å². The van der Waals surface area contributed by atoms with Crippen molar-refractivity contribution in [3.63, 3.8) is 0 Å². The van der Waals surface area contributed by atoms with Crippen molar-refractivity contribution in [2.24, 2.45) is 0 Å². The quantitative estimate of drug-likeness (QED) is 0.718. The van der Waals surface area contributed by atoms with Gasteiger partial charge < -0.3 is 9.84 Å². The third-order valence-electron chi connectivity index (χ3n) is 1.43. The topological polar surface area (TPSA) is 46.5 Å². The first-order valence-corrected chi connectivity index (χ1v) is 3.58. The van der Waals surface area contributed by atoms with Crippen molar-refractivity contribution < 1.29 is 14.6 Å². The van der Waals surface area contributed by atoms with Crippen molar-refractivity contribution in [2.75, 3.05) is 7.11 Å². The zero-order chi connectivity index (χ0) is 9.14. The fourth-order valence-electron chi connectivity index (χ4n) is 0.809. The molecule has 0 aromatic heterocycles. The molecule has 0 saturated carbocycles. The minimum Gasteiger partial charge on any atom is -0.507 e. The van der Waals surface area contributed by atoms with Gasteiger partial charge in [-0.25, -0.2) is 0 Å². The molecular weight excluding hydrogens is 180 g/mol. The molecule has 0 fully saturated rings. The van der Waals surface area contributed by atoms with E-state index in [-0.39, 0.29) is 16.3 Å². The number of rotatable bonds is 2. The van der Waals surface area contributed by atoms with Gasteiger partial charge in [-0.1, -0.05) is 11.6 Å². The average molecular weight is 187 g/mol. The van der Waals surface area contributed by atoms with Crippen molar-refractivity contribution in [2.45, 2.75) is 0 Å². The highest BCUT2D eigenvalue weighted by atomic mass is 35.5. The summed E-state index contributed by atoms with van der Waals surface area (Å²) >= 11 is 5.66. The van der Waals surface area contributed by atoms with E-state index in [1.54, 1.807) is 0 Å². The standard InChI is InChI=1S/C8H7ClO3/c1-12-8-2-5(4-10)7(11)3-6(8)9/h2-4,11H,1H3. The molecule has 0 unspecified atom stereocenters. The van der Waals surface area contributed by atoms with Crippen LogP contribution in [0, 0.1) is 0 Å². The first-order chi connectivity index (χ1) is 5.69. The molecule has 4 heteroatoms. The van der Waals surface area contributed by atoms with Crippen molar-refractivity contribution >= 4 is 17.9 Å². The van der Waals surface area contributed by atoms with Crippen molar-refractivity contribution in [1.29, 1.82) is 0 Å². The van der Waals surface area contributed by atoms with Gasteiger partial charge >= 0.3 is 0 Å². The van der Waals surface area contributed by atoms with Crippen LogP contribution in [0.1, 0.15) is 10.4 Å². The average Bonchev–Trinajstić information content (AvgIpc) is 2.05. The summed E-state index contributed by atoms with van der Waals surface area (Å²) < 4.78 is 4.84. The SMILES string of the molecule is COc1cc(C=O)c(O)cc1Cl. The van der Waals surface area contributed by atoms with Gasteiger partial charge in [-0.3, -0.25) is 4.79 Å². The van der Waals surface area contributed by atoms with Crippen LogP contribution in [0.5, 0.6) is 11.5 Å². The molecule has 0 aliphatic rings. The summed E-state index contributed by atoms with van der Waals surface area (Å²) in [5.74, 6) is 0.229. The van der Waals surface area contributed by atoms with Crippen molar-refractivity contribution in [3.05, 3.63) is 22.7 Å². The Morgan fingerprint density at radius 3 is 2.75 bits per heavy atom. The second-order valence-electron chi connectivity index (χ2n) is 2.16. The predicted molar refractivity (Wildman–Crippen MR) is 45.1 cm³/mol. The molecule has 0 bridgehead atoms. The second kappa shape index (κ2) is 3.45. The molecule has 0 amide bonds. The number of methoxy groups -OCH3 is 1. The number of aldehydes is 1. The fraction of sp³-hybridized carbons (Fsp3) is 0.125. The zero-order valence-corrected chi connectivity index (χ0v) is 7.13. The molecule has 1 aromatic rings. The monoisotopic (exact) mass is 186 g/mol. The van der Waals surface area contributed by atoms with E-state index in [4.69, 9.17) is 21.4 Å². The maximum absolute atomic E-state index is 10.3. The minimum absolute atomic E-state index is 0.143. The first-order valence-electron chi connectivity index (χ1n) is 3.20. The molecule has 1 rings (SSSR count). The van der Waals surface area contributed by atoms with Crippen LogP contribution in [0.2, 0.25) is 5.02 Å². The number of aromatic hydroxyl groups is 1. The normalized spacial score (nSPS) is 9.50. The summed E-state index contributed by atoms with van der Waals surface area (Å²) in [6.07, 6.45) is 0.536. The number of hydrogen-bond donors (Lipinski definition) is 1. The predicted octanol–water partition coefficient (Wildman–Crippen LogP) is 1.87. The van der Waals surface area contributed by atoms with Crippen LogP contribution in [-0.2, 0) is 0 Å². The number of halogens is 1. The molecule has 0 aliphatic carbocycles. The minimum atomic E-state index is -0.143. The smallest absolute Gasteiger partial charge is 0.153 e. The molecule has 12 heavy (non-hydrogen) atoms. The highest BCUT2D eigenvalue weighted by Gasteiger charge is 2.06. The number of carbonyl (C=O) groups is 1. The van der Waals surface area contributed by atoms with Gasteiger partial charge in [0.1, 0.15) is 11.5 Å². The number of phenols is 1. The number of carbonyl (C=O) groups excluding carboxylic acids is 1. The summed E-state index contributed by atoms with van der Waals surface area (Å²) in [6.45, 7) is 0. The second-order valence-corrected chi connectivity index (χ2v) is 2.57. The third kappa shape index (κ3) is 1.51. The first kappa shape index (κ1) is 8.87. The molecule has 3 nitrogen and oxygen atoms in total. The number of hydrogen-bond acceptors (Lipinski definition) is 3. The molecule has 1 N–H and O–H groups in total. The number of phenolic OH excluding ortho intramolecular Hbond substituents is 1. The number of ether oxygens (including phenoxy) is 1. The van der Waals surface area contributed by atoms with Gasteiger partial charge in [0.05, 0.1) is 17.7 Å². The molecule has 0 heterocycles. The highest BCUT2D eigenvalue weighted by Crippen LogP contribution is 2.30. The van der Waals surface area contributed by atoms with E-state index in [1.807, 2.05) is 0 Å². The largest absolute Gasteiger partial charge is 0.507 e. The van der Waals surface area contributed by atoms with E-state index in [1.165, 1.54) is 19.2 Å². The molecule has 0 aliphatic heterocycles. The van der Waals surface area contributed by atoms with Gasteiger partial charge in [0, 0.05) is 6.07 Å². The van der Waals surface area contributed by atoms with Crippen LogP contribution in [0.4, 0.5) is 0 Å². The Morgan fingerprint density at radius 1 is 1.58 bits per heavy atom. The summed E-state index contributed by atoms with van der Waals surface area (Å²) in [5.41, 5.74) is 0.163. The Morgan fingerprint density at radius 2 is 2.25 bits per heavy atom. The van der Waals surface area contributed by atoms with Gasteiger partial charge in [-0.2, -0.15) is 0 Å². The van der Waals surface area contributed by atoms with Crippen LogP contribution in [0.3, 0.4) is 0 Å². The molecule has 0 spiro atoms. The summed E-state index contributed by atoms with van der Waals surface area (Å²) in [4.78, 5) is 10.3. The Labute approximate surface area is 74.5 Å². The fourth-order valence-corrected chi connectivity index (χ4v) is 1.04. The molecule has 0 radical (unpaired) electrons. The van der Waals surface area contributed by atoms with E-state index < -0.39 is 0 Å². The van der Waals surface area contributed by atoms with E-state index in [0.29, 0.717) is 12.0 Å². The molecule has 64 valence electrons. The molecule has 0 saturated heterocycles. The van der Waals surface area contributed by atoms with Gasteiger partial charge in [0.25, 0.3) is 0 Å². The Bertz CT molecular complexity index is 309. The summed E-state index contributed by atoms with van der Waals surface area (Å²) in [5, 5.41) is 9.42. The maximum Gasteiger partial charge on any atom is 0.153 e. The molecular formula is C8H7ClO3. The van der Waals surface area contributed by atoms with Crippen LogP contribution in [0.15, 0.2) is 12.1 Å². The maximum atomic E-state index is 10.3. The van der Waals surface area contributed by atoms with Gasteiger partial charge in [0.15, 0.2) is 6.29 Å². The van der Waals surface area contributed by atoms with Gasteiger partial charge in [0.2, 0.25) is 0 Å². The lowest BCUT2D eigenvalue weighted by Gasteiger charge is -2.04. The van der Waals surface area contributed by atoms with Gasteiger partial charge in [-0.05, 0) is 6.07 Å². The molecule has 0 atom stereocenters. The van der Waals surface area contributed by atoms with Crippen LogP contribution < -0.4 is 4.74 Å². The Hall–Kier alpha value is -1.22. The van der Waals surface area contributed by atoms with Crippen molar-refractivity contribution in [3.8, 4) is 11.5 Å². The summed E-state index contributed by atoms with van der Waals surface area (Å²) in [6, 6.07) is 2.65. The lowest BCUT2D eigenvalue weighted by molar-refractivity contribution is 0.112. The van der Waals surface area contributed by atoms with E-state index in [9.17, 15) is 4.79 Å². The lowest BCUT2D eigenvalue weighted by atomic mass is 10.2. The summed E-state index contributed by atoms with van der Waals surface area (Å²) in [7, 11) is 1.44. The molecule has 1 aromatic carbocycles.